The van der Waals surface area contributed by atoms with Gasteiger partial charge in [0, 0.05) is 18.7 Å². The molecule has 1 aliphatic rings. The van der Waals surface area contributed by atoms with Crippen LogP contribution in [-0.2, 0) is 0 Å². The smallest absolute Gasteiger partial charge is 0.184 e. The van der Waals surface area contributed by atoms with Crippen LogP contribution in [0.5, 0.6) is 0 Å². The molecular weight excluding hydrogens is 381 g/mol. The number of rotatable bonds is 3. The number of nitrogens with zero attached hydrogens (tertiary/aromatic N) is 5. The van der Waals surface area contributed by atoms with E-state index in [1.165, 1.54) is 6.07 Å². The molecule has 144 valence electrons. The highest BCUT2D eigenvalue weighted by atomic mass is 35.5. The Kier molecular flexibility index (Phi) is 4.65. The number of H-pyrrole nitrogens is 1. The molecule has 0 unspecified atom stereocenters. The average Bonchev–Trinajstić information content (AvgIpc) is 3.12. The molecule has 1 aliphatic heterocycles. The zero-order chi connectivity index (χ0) is 19.9. The molecule has 1 saturated heterocycles. The normalized spacial score (nSPS) is 16.3. The third-order valence-corrected chi connectivity index (χ3v) is 5.74. The highest BCUT2D eigenvalue weighted by molar-refractivity contribution is 6.31. The average molecular weight is 400 g/mol. The molecular formula is C19H19ClFN7. The molecule has 0 aliphatic carbocycles. The summed E-state index contributed by atoms with van der Waals surface area (Å²) >= 11 is 5.89. The number of nitrogens with one attached hydrogen (secondary N) is 1. The Labute approximate surface area is 166 Å². The number of nitriles is 1. The Balaban J connectivity index is 1.76. The van der Waals surface area contributed by atoms with Gasteiger partial charge in [0.1, 0.15) is 17.3 Å². The van der Waals surface area contributed by atoms with Gasteiger partial charge in [-0.1, -0.05) is 24.6 Å². The van der Waals surface area contributed by atoms with Crippen molar-refractivity contribution >= 4 is 28.6 Å². The van der Waals surface area contributed by atoms with Crippen molar-refractivity contribution in [3.63, 3.8) is 0 Å². The zero-order valence-electron chi connectivity index (χ0n) is 15.3. The third kappa shape index (κ3) is 3.07. The lowest BCUT2D eigenvalue weighted by Gasteiger charge is -2.39. The number of halogens is 2. The first-order valence-corrected chi connectivity index (χ1v) is 9.39. The summed E-state index contributed by atoms with van der Waals surface area (Å²) in [5, 5.41) is 16.6. The molecule has 0 bridgehead atoms. The molecule has 2 aromatic heterocycles. The number of fused-ring (bicyclic) bond motifs is 1. The summed E-state index contributed by atoms with van der Waals surface area (Å²) in [4.78, 5) is 11.1. The molecule has 3 aromatic rings. The summed E-state index contributed by atoms with van der Waals surface area (Å²) in [5.41, 5.74) is 7.40. The fourth-order valence-corrected chi connectivity index (χ4v) is 3.64. The van der Waals surface area contributed by atoms with Crippen LogP contribution in [0.4, 0.5) is 10.2 Å². The quantitative estimate of drug-likeness (QED) is 0.699. The molecule has 0 saturated carbocycles. The number of anilines is 1. The van der Waals surface area contributed by atoms with Gasteiger partial charge in [0.05, 0.1) is 5.02 Å². The number of aromatic nitrogens is 4. The Morgan fingerprint density at radius 2 is 2.11 bits per heavy atom. The molecule has 0 amide bonds. The van der Waals surface area contributed by atoms with E-state index in [-0.39, 0.29) is 27.4 Å². The number of hydrogen-bond acceptors (Lipinski definition) is 6. The second-order valence-corrected chi connectivity index (χ2v) is 7.79. The predicted molar refractivity (Wildman–Crippen MR) is 105 cm³/mol. The minimum atomic E-state index is -0.584. The summed E-state index contributed by atoms with van der Waals surface area (Å²) in [5.74, 6) is -0.0742. The van der Waals surface area contributed by atoms with Crippen LogP contribution < -0.4 is 10.6 Å². The first-order valence-electron chi connectivity index (χ1n) is 9.01. The fraction of sp³-hybridized carbons (Fsp3) is 0.368. The standard InChI is InChI=1S/C19H19ClFN7/c1-19(10-23)5-7-28(8-6-19)18-13(9-22)24-16-15(26-27-17(16)25-18)11-3-2-4-12(20)14(11)21/h2-4H,5-8,10,23H2,1H3,(H,25,26,27). The minimum Gasteiger partial charge on any atom is -0.354 e. The molecule has 3 heterocycles. The van der Waals surface area contributed by atoms with Crippen molar-refractivity contribution in [1.29, 1.82) is 5.26 Å². The van der Waals surface area contributed by atoms with Crippen molar-refractivity contribution in [2.45, 2.75) is 19.8 Å². The van der Waals surface area contributed by atoms with Crippen molar-refractivity contribution in [3.8, 4) is 17.3 Å². The summed E-state index contributed by atoms with van der Waals surface area (Å²) in [7, 11) is 0. The van der Waals surface area contributed by atoms with Crippen LogP contribution in [0, 0.1) is 22.6 Å². The van der Waals surface area contributed by atoms with E-state index in [2.05, 4.69) is 33.2 Å². The first-order chi connectivity index (χ1) is 13.5. The SMILES string of the molecule is CC1(CN)CCN(c2nc3[nH]nc(-c4cccc(Cl)c4F)c3nc2C#N)CC1. The molecule has 3 N–H and O–H groups in total. The summed E-state index contributed by atoms with van der Waals surface area (Å²) in [6, 6.07) is 6.78. The molecule has 7 nitrogen and oxygen atoms in total. The second-order valence-electron chi connectivity index (χ2n) is 7.38. The summed E-state index contributed by atoms with van der Waals surface area (Å²) in [6.45, 7) is 4.29. The Morgan fingerprint density at radius 1 is 1.36 bits per heavy atom. The lowest BCUT2D eigenvalue weighted by atomic mass is 9.80. The van der Waals surface area contributed by atoms with E-state index in [1.807, 2.05) is 4.90 Å². The Hall–Kier alpha value is -2.76. The molecule has 1 fully saturated rings. The number of aromatic amines is 1. The topological polar surface area (TPSA) is 108 Å². The molecule has 4 rings (SSSR count). The van der Waals surface area contributed by atoms with Crippen LogP contribution in [-0.4, -0.2) is 39.8 Å². The van der Waals surface area contributed by atoms with E-state index < -0.39 is 5.82 Å². The summed E-state index contributed by atoms with van der Waals surface area (Å²) < 4.78 is 14.4. The number of hydrogen-bond donors (Lipinski definition) is 2. The van der Waals surface area contributed by atoms with Gasteiger partial charge >= 0.3 is 0 Å². The lowest BCUT2D eigenvalue weighted by Crippen LogP contribution is -2.42. The number of piperidine rings is 1. The van der Waals surface area contributed by atoms with Crippen molar-refractivity contribution in [3.05, 3.63) is 34.7 Å². The maximum Gasteiger partial charge on any atom is 0.184 e. The molecule has 0 atom stereocenters. The van der Waals surface area contributed by atoms with Crippen molar-refractivity contribution < 1.29 is 4.39 Å². The van der Waals surface area contributed by atoms with Crippen LogP contribution >= 0.6 is 11.6 Å². The Bertz CT molecular complexity index is 1080. The minimum absolute atomic E-state index is 0.00462. The molecule has 9 heteroatoms. The molecule has 28 heavy (non-hydrogen) atoms. The van der Waals surface area contributed by atoms with E-state index in [1.54, 1.807) is 12.1 Å². The summed E-state index contributed by atoms with van der Waals surface area (Å²) in [6.07, 6.45) is 1.83. The van der Waals surface area contributed by atoms with Gasteiger partial charge in [-0.3, -0.25) is 5.10 Å². The maximum atomic E-state index is 14.4. The van der Waals surface area contributed by atoms with Gasteiger partial charge in [0.25, 0.3) is 0 Å². The van der Waals surface area contributed by atoms with Crippen LogP contribution in [0.25, 0.3) is 22.4 Å². The van der Waals surface area contributed by atoms with E-state index in [0.717, 1.165) is 25.9 Å². The third-order valence-electron chi connectivity index (χ3n) is 5.45. The van der Waals surface area contributed by atoms with Crippen LogP contribution in [0.15, 0.2) is 18.2 Å². The fourth-order valence-electron chi connectivity index (χ4n) is 3.46. The van der Waals surface area contributed by atoms with Gasteiger partial charge in [-0.25, -0.2) is 14.4 Å². The molecule has 0 spiro atoms. The van der Waals surface area contributed by atoms with Gasteiger partial charge in [-0.2, -0.15) is 10.4 Å². The zero-order valence-corrected chi connectivity index (χ0v) is 16.1. The van der Waals surface area contributed by atoms with Crippen LogP contribution in [0.3, 0.4) is 0 Å². The maximum absolute atomic E-state index is 14.4. The first kappa shape index (κ1) is 18.6. The van der Waals surface area contributed by atoms with Crippen molar-refractivity contribution in [2.75, 3.05) is 24.5 Å². The largest absolute Gasteiger partial charge is 0.354 e. The monoisotopic (exact) mass is 399 g/mol. The van der Waals surface area contributed by atoms with Gasteiger partial charge < -0.3 is 10.6 Å². The van der Waals surface area contributed by atoms with E-state index >= 15 is 0 Å². The molecule has 0 radical (unpaired) electrons. The second kappa shape index (κ2) is 7.00. The van der Waals surface area contributed by atoms with E-state index in [9.17, 15) is 9.65 Å². The van der Waals surface area contributed by atoms with E-state index in [4.69, 9.17) is 17.3 Å². The van der Waals surface area contributed by atoms with Crippen molar-refractivity contribution in [2.24, 2.45) is 11.1 Å². The van der Waals surface area contributed by atoms with Gasteiger partial charge in [-0.15, -0.1) is 0 Å². The lowest BCUT2D eigenvalue weighted by molar-refractivity contribution is 0.258. The number of benzene rings is 1. The van der Waals surface area contributed by atoms with E-state index in [0.29, 0.717) is 23.5 Å². The highest BCUT2D eigenvalue weighted by Gasteiger charge is 2.31. The predicted octanol–water partition coefficient (Wildman–Crippen LogP) is 3.25. The van der Waals surface area contributed by atoms with Crippen LogP contribution in [0.1, 0.15) is 25.5 Å². The molecule has 1 aromatic carbocycles. The van der Waals surface area contributed by atoms with Crippen LogP contribution in [0.2, 0.25) is 5.02 Å². The highest BCUT2D eigenvalue weighted by Crippen LogP contribution is 2.34. The number of nitrogens with two attached hydrogens (primary N) is 1. The van der Waals surface area contributed by atoms with Gasteiger partial charge in [0.15, 0.2) is 23.0 Å². The van der Waals surface area contributed by atoms with Gasteiger partial charge in [0.2, 0.25) is 0 Å². The van der Waals surface area contributed by atoms with Crippen molar-refractivity contribution in [1.82, 2.24) is 20.2 Å². The Morgan fingerprint density at radius 3 is 2.79 bits per heavy atom. The van der Waals surface area contributed by atoms with Gasteiger partial charge in [-0.05, 0) is 36.9 Å².